The molecule has 0 aromatic heterocycles. The van der Waals surface area contributed by atoms with E-state index in [0.717, 1.165) is 25.1 Å². The molecule has 28 heavy (non-hydrogen) atoms. The molecule has 152 valence electrons. The summed E-state index contributed by atoms with van der Waals surface area (Å²) < 4.78 is 5.87. The molecule has 0 amide bonds. The first-order valence-corrected chi connectivity index (χ1v) is 10.4. The zero-order valence-electron chi connectivity index (χ0n) is 16.8. The Hall–Kier alpha value is -2.34. The molecule has 0 spiro atoms. The van der Waals surface area contributed by atoms with Gasteiger partial charge in [-0.15, -0.1) is 0 Å². The monoisotopic (exact) mass is 385 g/mol. The van der Waals surface area contributed by atoms with Crippen LogP contribution >= 0.6 is 0 Å². The fourth-order valence-corrected chi connectivity index (χ4v) is 3.56. The Morgan fingerprint density at radius 3 is 2.43 bits per heavy atom. The van der Waals surface area contributed by atoms with Gasteiger partial charge in [0.15, 0.2) is 0 Å². The maximum absolute atomic E-state index is 11.7. The molecule has 1 fully saturated rings. The molecular weight excluding hydrogens is 354 g/mol. The Balaban J connectivity index is 1.40. The first-order valence-electron chi connectivity index (χ1n) is 10.4. The highest BCUT2D eigenvalue weighted by Gasteiger charge is 2.19. The summed E-state index contributed by atoms with van der Waals surface area (Å²) in [4.78, 5) is 25.8. The molecule has 6 nitrogen and oxygen atoms in total. The van der Waals surface area contributed by atoms with Crippen molar-refractivity contribution < 1.29 is 4.74 Å². The quantitative estimate of drug-likeness (QED) is 0.458. The lowest BCUT2D eigenvalue weighted by Crippen LogP contribution is -2.37. The fraction of sp³-hybridized carbons (Fsp3) is 0.545. The lowest BCUT2D eigenvalue weighted by molar-refractivity contribution is 0.220. The number of hydrogen-bond acceptors (Lipinski definition) is 6. The van der Waals surface area contributed by atoms with Crippen LogP contribution in [0.5, 0.6) is 5.75 Å². The third-order valence-corrected chi connectivity index (χ3v) is 5.11. The number of anilines is 2. The van der Waals surface area contributed by atoms with Crippen LogP contribution in [0.25, 0.3) is 0 Å². The Kier molecular flexibility index (Phi) is 7.48. The lowest BCUT2D eigenvalue weighted by Gasteiger charge is -2.26. The van der Waals surface area contributed by atoms with Crippen molar-refractivity contribution in [3.8, 4) is 5.75 Å². The van der Waals surface area contributed by atoms with Crippen molar-refractivity contribution in [1.29, 1.82) is 0 Å². The number of rotatable bonds is 11. The lowest BCUT2D eigenvalue weighted by atomic mass is 10.1. The minimum absolute atomic E-state index is 0.418. The van der Waals surface area contributed by atoms with Crippen molar-refractivity contribution in [3.63, 3.8) is 0 Å². The molecule has 2 aromatic rings. The van der Waals surface area contributed by atoms with Gasteiger partial charge in [-0.1, -0.05) is 25.5 Å². The van der Waals surface area contributed by atoms with E-state index in [1.165, 1.54) is 37.9 Å². The Morgan fingerprint density at radius 1 is 1.00 bits per heavy atom. The van der Waals surface area contributed by atoms with Crippen molar-refractivity contribution in [3.05, 3.63) is 50.3 Å². The Morgan fingerprint density at radius 2 is 1.71 bits per heavy atom. The van der Waals surface area contributed by atoms with Crippen LogP contribution in [0.1, 0.15) is 44.6 Å². The number of benzene rings is 1. The van der Waals surface area contributed by atoms with Gasteiger partial charge in [0.1, 0.15) is 17.1 Å². The summed E-state index contributed by atoms with van der Waals surface area (Å²) in [6.07, 6.45) is 5.60. The molecule has 2 N–H and O–H groups in total. The molecular formula is C22H31N3O3. The van der Waals surface area contributed by atoms with E-state index in [1.807, 2.05) is 19.1 Å². The highest BCUT2D eigenvalue weighted by molar-refractivity contribution is 5.73. The van der Waals surface area contributed by atoms with Crippen LogP contribution in [-0.4, -0.2) is 37.7 Å². The second kappa shape index (κ2) is 10.3. The van der Waals surface area contributed by atoms with Gasteiger partial charge in [0.25, 0.3) is 10.9 Å². The van der Waals surface area contributed by atoms with Crippen molar-refractivity contribution in [2.45, 2.75) is 45.6 Å². The van der Waals surface area contributed by atoms with E-state index in [0.29, 0.717) is 31.1 Å². The maximum atomic E-state index is 11.7. The third-order valence-electron chi connectivity index (χ3n) is 5.11. The molecule has 3 rings (SSSR count). The van der Waals surface area contributed by atoms with Gasteiger partial charge in [-0.25, -0.2) is 0 Å². The number of piperidine rings is 1. The zero-order valence-corrected chi connectivity index (χ0v) is 16.8. The van der Waals surface area contributed by atoms with E-state index in [4.69, 9.17) is 4.74 Å². The predicted molar refractivity (Wildman–Crippen MR) is 114 cm³/mol. The third kappa shape index (κ3) is 5.35. The summed E-state index contributed by atoms with van der Waals surface area (Å²) in [5, 5.41) is 6.09. The van der Waals surface area contributed by atoms with Crippen LogP contribution in [0.3, 0.4) is 0 Å². The summed E-state index contributed by atoms with van der Waals surface area (Å²) in [5.41, 5.74) is 1.29. The van der Waals surface area contributed by atoms with Gasteiger partial charge >= 0.3 is 0 Å². The SMILES string of the molecule is CCCNc1c(NCCCOc2cccc(CN3CCCCC3)c2)c(=O)c1=O. The fourth-order valence-electron chi connectivity index (χ4n) is 3.56. The zero-order chi connectivity index (χ0) is 19.8. The molecule has 2 aromatic carbocycles. The van der Waals surface area contributed by atoms with Crippen LogP contribution in [0.2, 0.25) is 0 Å². The first-order chi connectivity index (χ1) is 13.7. The summed E-state index contributed by atoms with van der Waals surface area (Å²) in [6.45, 7) is 7.22. The number of nitrogens with zero attached hydrogens (tertiary/aromatic N) is 1. The van der Waals surface area contributed by atoms with Crippen LogP contribution in [-0.2, 0) is 6.54 Å². The number of likely N-dealkylation sites (tertiary alicyclic amines) is 1. The van der Waals surface area contributed by atoms with Gasteiger partial charge < -0.3 is 15.4 Å². The molecule has 1 aliphatic rings. The summed E-state index contributed by atoms with van der Waals surface area (Å²) >= 11 is 0. The molecule has 0 bridgehead atoms. The van der Waals surface area contributed by atoms with Gasteiger partial charge in [0.05, 0.1) is 6.61 Å². The van der Waals surface area contributed by atoms with E-state index in [-0.39, 0.29) is 0 Å². The number of hydrogen-bond donors (Lipinski definition) is 2. The summed E-state index contributed by atoms with van der Waals surface area (Å²) in [5.74, 6) is 0.883. The Bertz CT molecular complexity index is 821. The smallest absolute Gasteiger partial charge is 0.253 e. The maximum Gasteiger partial charge on any atom is 0.253 e. The first kappa shape index (κ1) is 20.4. The Labute approximate surface area is 166 Å². The molecule has 6 heteroatoms. The van der Waals surface area contributed by atoms with E-state index in [1.54, 1.807) is 0 Å². The van der Waals surface area contributed by atoms with Gasteiger partial charge in [0, 0.05) is 19.6 Å². The van der Waals surface area contributed by atoms with Gasteiger partial charge in [-0.05, 0) is 56.5 Å². The van der Waals surface area contributed by atoms with Crippen molar-refractivity contribution >= 4 is 11.4 Å². The van der Waals surface area contributed by atoms with Crippen LogP contribution in [0.15, 0.2) is 33.9 Å². The minimum Gasteiger partial charge on any atom is -0.494 e. The molecule has 0 unspecified atom stereocenters. The van der Waals surface area contributed by atoms with Gasteiger partial charge in [0.2, 0.25) is 0 Å². The molecule has 1 heterocycles. The van der Waals surface area contributed by atoms with Crippen LogP contribution < -0.4 is 26.2 Å². The van der Waals surface area contributed by atoms with E-state index in [9.17, 15) is 9.59 Å². The highest BCUT2D eigenvalue weighted by Crippen LogP contribution is 2.18. The predicted octanol–water partition coefficient (Wildman–Crippen LogP) is 2.97. The largest absolute Gasteiger partial charge is 0.494 e. The van der Waals surface area contributed by atoms with Crippen molar-refractivity contribution in [2.75, 3.05) is 43.4 Å². The van der Waals surface area contributed by atoms with E-state index >= 15 is 0 Å². The molecule has 0 saturated carbocycles. The molecule has 0 atom stereocenters. The van der Waals surface area contributed by atoms with E-state index in [2.05, 4.69) is 27.7 Å². The number of nitrogens with one attached hydrogen (secondary N) is 2. The summed E-state index contributed by atoms with van der Waals surface area (Å²) in [6, 6.07) is 8.30. The van der Waals surface area contributed by atoms with Crippen LogP contribution in [0.4, 0.5) is 11.4 Å². The average molecular weight is 386 g/mol. The van der Waals surface area contributed by atoms with Gasteiger partial charge in [-0.3, -0.25) is 14.5 Å². The summed E-state index contributed by atoms with van der Waals surface area (Å²) in [7, 11) is 0. The molecule has 0 radical (unpaired) electrons. The number of ether oxygens (including phenoxy) is 1. The standard InChI is InChI=1S/C22H31N3O3/c1-2-10-23-19-20(22(27)21(19)26)24-11-7-14-28-18-9-6-8-17(15-18)16-25-12-4-3-5-13-25/h6,8-9,15,23-24H,2-5,7,10-14,16H2,1H3. The average Bonchev–Trinajstić information content (AvgIpc) is 2.73. The van der Waals surface area contributed by atoms with E-state index < -0.39 is 10.9 Å². The molecule has 0 aliphatic carbocycles. The molecule has 1 aliphatic heterocycles. The van der Waals surface area contributed by atoms with Crippen molar-refractivity contribution in [2.24, 2.45) is 0 Å². The molecule has 1 saturated heterocycles. The topological polar surface area (TPSA) is 70.7 Å². The second-order valence-electron chi connectivity index (χ2n) is 7.45. The minimum atomic E-state index is -0.426. The highest BCUT2D eigenvalue weighted by atomic mass is 16.5. The van der Waals surface area contributed by atoms with Gasteiger partial charge in [-0.2, -0.15) is 0 Å². The normalized spacial score (nSPS) is 14.9. The van der Waals surface area contributed by atoms with Crippen LogP contribution in [0, 0.1) is 0 Å². The van der Waals surface area contributed by atoms with Crippen molar-refractivity contribution in [1.82, 2.24) is 4.90 Å². The second-order valence-corrected chi connectivity index (χ2v) is 7.45.